The van der Waals surface area contributed by atoms with E-state index in [1.165, 1.54) is 32.4 Å². The number of hydrogen-bond donors (Lipinski definition) is 1. The van der Waals surface area contributed by atoms with E-state index in [9.17, 15) is 9.50 Å². The summed E-state index contributed by atoms with van der Waals surface area (Å²) in [4.78, 5) is 16.3. The maximum Gasteiger partial charge on any atom is 0.316 e. The number of fused-ring (bicyclic) bond motifs is 3. The molecule has 170 valence electrons. The highest BCUT2D eigenvalue weighted by atomic mass is 19.1. The van der Waals surface area contributed by atoms with Crippen molar-refractivity contribution in [3.63, 3.8) is 0 Å². The molecule has 2 aliphatic rings. The molecule has 3 heterocycles. The van der Waals surface area contributed by atoms with E-state index in [-0.39, 0.29) is 17.3 Å². The van der Waals surface area contributed by atoms with Crippen LogP contribution in [0, 0.1) is 24.1 Å². The minimum absolute atomic E-state index is 0.0529. The van der Waals surface area contributed by atoms with Crippen molar-refractivity contribution in [2.24, 2.45) is 5.92 Å². The van der Waals surface area contributed by atoms with E-state index in [0.717, 1.165) is 24.2 Å². The van der Waals surface area contributed by atoms with Gasteiger partial charge in [0.2, 0.25) is 0 Å². The van der Waals surface area contributed by atoms with Gasteiger partial charge in [-0.15, -0.1) is 6.42 Å². The molecule has 2 unspecified atom stereocenters. The lowest BCUT2D eigenvalue weighted by Crippen LogP contribution is -2.58. The molecule has 1 aliphatic carbocycles. The number of phenolic OH excluding ortho intramolecular Hbond substituents is 1. The van der Waals surface area contributed by atoms with Crippen LogP contribution in [0.5, 0.6) is 11.8 Å². The van der Waals surface area contributed by atoms with Crippen LogP contribution in [-0.4, -0.2) is 39.8 Å². The van der Waals surface area contributed by atoms with Crippen molar-refractivity contribution in [1.82, 2.24) is 15.0 Å². The molecule has 1 saturated heterocycles. The Balaban J connectivity index is 1.62. The molecule has 6 rings (SSSR count). The molecule has 0 radical (unpaired) electrons. The lowest BCUT2D eigenvalue weighted by molar-refractivity contribution is 0.213. The van der Waals surface area contributed by atoms with Crippen molar-refractivity contribution in [1.29, 1.82) is 0 Å². The lowest BCUT2D eigenvalue weighted by atomic mass is 9.77. The quantitative estimate of drug-likeness (QED) is 0.437. The van der Waals surface area contributed by atoms with Gasteiger partial charge in [-0.25, -0.2) is 14.4 Å². The molecule has 2 aromatic carbocycles. The summed E-state index contributed by atoms with van der Waals surface area (Å²) < 4.78 is 19.9. The van der Waals surface area contributed by atoms with Crippen molar-refractivity contribution >= 4 is 27.5 Å². The van der Waals surface area contributed by atoms with Gasteiger partial charge in [0.1, 0.15) is 17.4 Å². The highest BCUT2D eigenvalue weighted by Crippen LogP contribution is 2.43. The van der Waals surface area contributed by atoms with Crippen LogP contribution < -0.4 is 9.64 Å². The number of anilines is 1. The Morgan fingerprint density at radius 2 is 2.03 bits per heavy atom. The number of pyridine rings is 1. The van der Waals surface area contributed by atoms with Gasteiger partial charge in [0.25, 0.3) is 0 Å². The number of ether oxygens (including phenoxy) is 1. The molecule has 4 aromatic rings. The van der Waals surface area contributed by atoms with Crippen molar-refractivity contribution in [3.05, 3.63) is 47.9 Å². The zero-order chi connectivity index (χ0) is 23.4. The van der Waals surface area contributed by atoms with Gasteiger partial charge < -0.3 is 14.7 Å². The molecule has 6 nitrogen and oxygen atoms in total. The summed E-state index contributed by atoms with van der Waals surface area (Å²) in [6.07, 6.45) is 12.3. The molecule has 0 bridgehead atoms. The second-order valence-corrected chi connectivity index (χ2v) is 9.04. The first-order chi connectivity index (χ1) is 16.6. The first kappa shape index (κ1) is 20.7. The van der Waals surface area contributed by atoms with Gasteiger partial charge in [-0.1, -0.05) is 24.8 Å². The summed E-state index contributed by atoms with van der Waals surface area (Å²) in [5.74, 6) is 3.52. The lowest BCUT2D eigenvalue weighted by Gasteiger charge is -2.52. The molecule has 1 aliphatic heterocycles. The number of benzene rings is 2. The van der Waals surface area contributed by atoms with Crippen LogP contribution in [0.25, 0.3) is 32.9 Å². The Bertz CT molecular complexity index is 1500. The molecule has 0 amide bonds. The summed E-state index contributed by atoms with van der Waals surface area (Å²) in [5, 5.41) is 12.5. The number of rotatable bonds is 3. The highest BCUT2D eigenvalue weighted by Gasteiger charge is 2.41. The standard InChI is InChI=1S/C27H23FN4O2/c1-3-18-21(28)9-8-15-10-17(33)11-19(25(15)18)22-12-23-20(13-29-27(31-23)34-2)26(30-22)32-14-16-6-4-5-7-24(16)32/h1,8-13,16,24,33H,4-7,14H2,2H3. The number of terminal acetylenes is 1. The smallest absolute Gasteiger partial charge is 0.316 e. The average Bonchev–Trinajstić information content (AvgIpc) is 2.83. The number of aromatic hydroxyl groups is 1. The van der Waals surface area contributed by atoms with Crippen molar-refractivity contribution in [2.45, 2.75) is 31.7 Å². The molecule has 1 N–H and O–H groups in total. The average molecular weight is 455 g/mol. The van der Waals surface area contributed by atoms with Crippen LogP contribution in [-0.2, 0) is 0 Å². The summed E-state index contributed by atoms with van der Waals surface area (Å²) in [6.45, 7) is 0.938. The normalized spacial score (nSPS) is 19.5. The molecule has 2 atom stereocenters. The van der Waals surface area contributed by atoms with E-state index in [4.69, 9.17) is 16.1 Å². The minimum Gasteiger partial charge on any atom is -0.508 e. The molecule has 34 heavy (non-hydrogen) atoms. The van der Waals surface area contributed by atoms with E-state index in [1.54, 1.807) is 24.4 Å². The zero-order valence-electron chi connectivity index (χ0n) is 18.8. The molecular formula is C27H23FN4O2. The minimum atomic E-state index is -0.486. The van der Waals surface area contributed by atoms with E-state index < -0.39 is 5.82 Å². The number of nitrogens with zero attached hydrogens (tertiary/aromatic N) is 4. The number of halogens is 1. The van der Waals surface area contributed by atoms with Crippen LogP contribution >= 0.6 is 0 Å². The third-order valence-electron chi connectivity index (χ3n) is 7.16. The van der Waals surface area contributed by atoms with Gasteiger partial charge in [0.05, 0.1) is 29.3 Å². The fourth-order valence-electron chi connectivity index (χ4n) is 5.52. The number of aromatic nitrogens is 3. The molecule has 0 spiro atoms. The van der Waals surface area contributed by atoms with Gasteiger partial charge in [0, 0.05) is 29.7 Å². The predicted octanol–water partition coefficient (Wildman–Crippen LogP) is 5.06. The largest absolute Gasteiger partial charge is 0.508 e. The van der Waals surface area contributed by atoms with Crippen LogP contribution in [0.2, 0.25) is 0 Å². The summed E-state index contributed by atoms with van der Waals surface area (Å²) in [7, 11) is 1.52. The third kappa shape index (κ3) is 3.13. The van der Waals surface area contributed by atoms with Gasteiger partial charge in [-0.05, 0) is 48.4 Å². The SMILES string of the molecule is C#Cc1c(F)ccc2cc(O)cc(-c3cc4nc(OC)ncc4c(N4CC5CCCCC54)n3)c12. The Morgan fingerprint density at radius 3 is 2.82 bits per heavy atom. The Morgan fingerprint density at radius 1 is 1.18 bits per heavy atom. The predicted molar refractivity (Wildman–Crippen MR) is 129 cm³/mol. The monoisotopic (exact) mass is 454 g/mol. The Kier molecular flexibility index (Phi) is 4.77. The van der Waals surface area contributed by atoms with Gasteiger partial charge in [-0.2, -0.15) is 4.98 Å². The topological polar surface area (TPSA) is 71.4 Å². The van der Waals surface area contributed by atoms with Crippen LogP contribution in [0.15, 0.2) is 36.5 Å². The number of hydrogen-bond acceptors (Lipinski definition) is 6. The second-order valence-electron chi connectivity index (χ2n) is 9.04. The van der Waals surface area contributed by atoms with Crippen molar-refractivity contribution < 1.29 is 14.2 Å². The van der Waals surface area contributed by atoms with Crippen LogP contribution in [0.1, 0.15) is 31.2 Å². The van der Waals surface area contributed by atoms with E-state index in [0.29, 0.717) is 39.5 Å². The number of phenols is 1. The van der Waals surface area contributed by atoms with Gasteiger partial charge in [0.15, 0.2) is 0 Å². The summed E-state index contributed by atoms with van der Waals surface area (Å²) in [5.41, 5.74) is 1.93. The third-order valence-corrected chi connectivity index (χ3v) is 7.16. The van der Waals surface area contributed by atoms with E-state index in [1.807, 2.05) is 6.07 Å². The zero-order valence-corrected chi connectivity index (χ0v) is 18.8. The summed E-state index contributed by atoms with van der Waals surface area (Å²) >= 11 is 0. The first-order valence-corrected chi connectivity index (χ1v) is 11.5. The first-order valence-electron chi connectivity index (χ1n) is 11.5. The van der Waals surface area contributed by atoms with Crippen LogP contribution in [0.4, 0.5) is 10.2 Å². The fourth-order valence-corrected chi connectivity index (χ4v) is 5.52. The Hall–Kier alpha value is -3.92. The maximum absolute atomic E-state index is 14.7. The molecule has 1 saturated carbocycles. The van der Waals surface area contributed by atoms with Gasteiger partial charge >= 0.3 is 6.01 Å². The molecule has 2 aromatic heterocycles. The summed E-state index contributed by atoms with van der Waals surface area (Å²) in [6, 6.07) is 8.62. The molecule has 7 heteroatoms. The van der Waals surface area contributed by atoms with Crippen molar-refractivity contribution in [2.75, 3.05) is 18.6 Å². The molecule has 2 fully saturated rings. The second kappa shape index (κ2) is 7.84. The molecular weight excluding hydrogens is 431 g/mol. The number of methoxy groups -OCH3 is 1. The van der Waals surface area contributed by atoms with E-state index in [2.05, 4.69) is 20.8 Å². The Labute approximate surface area is 196 Å². The maximum atomic E-state index is 14.7. The van der Waals surface area contributed by atoms with Crippen LogP contribution in [0.3, 0.4) is 0 Å². The van der Waals surface area contributed by atoms with Crippen molar-refractivity contribution in [3.8, 4) is 35.4 Å². The van der Waals surface area contributed by atoms with E-state index >= 15 is 0 Å². The highest BCUT2D eigenvalue weighted by molar-refractivity contribution is 6.03. The van der Waals surface area contributed by atoms with Gasteiger partial charge in [-0.3, -0.25) is 0 Å². The fraction of sp³-hybridized carbons (Fsp3) is 0.296.